The third-order valence-corrected chi connectivity index (χ3v) is 5.78. The molecule has 0 saturated carbocycles. The zero-order valence-electron chi connectivity index (χ0n) is 16.9. The number of benzene rings is 1. The molecule has 2 saturated heterocycles. The first kappa shape index (κ1) is 22.3. The second kappa shape index (κ2) is 8.57. The van der Waals surface area contributed by atoms with Gasteiger partial charge in [0.1, 0.15) is 11.5 Å². The fourth-order valence-corrected chi connectivity index (χ4v) is 3.93. The van der Waals surface area contributed by atoms with E-state index in [4.69, 9.17) is 15.2 Å². The lowest BCUT2D eigenvalue weighted by atomic mass is 9.79. The molecule has 1 aromatic rings. The number of likely N-dealkylation sites (tertiary alicyclic amines) is 1. The van der Waals surface area contributed by atoms with Crippen LogP contribution >= 0.6 is 12.4 Å². The van der Waals surface area contributed by atoms with Crippen LogP contribution in [0.25, 0.3) is 0 Å². The Labute approximate surface area is 172 Å². The molecule has 2 aliphatic rings. The maximum Gasteiger partial charge on any atom is 0.228 e. The summed E-state index contributed by atoms with van der Waals surface area (Å²) in [5.74, 6) is 0.847. The molecule has 0 aliphatic carbocycles. The van der Waals surface area contributed by atoms with Gasteiger partial charge in [-0.2, -0.15) is 0 Å². The minimum absolute atomic E-state index is 0. The number of amides is 2. The van der Waals surface area contributed by atoms with Crippen LogP contribution in [0.15, 0.2) is 18.2 Å². The van der Waals surface area contributed by atoms with Crippen molar-refractivity contribution in [2.75, 3.05) is 38.8 Å². The molecule has 2 aliphatic heterocycles. The predicted octanol–water partition coefficient (Wildman–Crippen LogP) is 2.06. The second-order valence-electron chi connectivity index (χ2n) is 8.09. The van der Waals surface area contributed by atoms with Crippen LogP contribution < -0.4 is 20.1 Å². The van der Waals surface area contributed by atoms with Crippen LogP contribution in [-0.2, 0) is 9.59 Å². The van der Waals surface area contributed by atoms with Crippen LogP contribution in [0.2, 0.25) is 0 Å². The number of nitrogens with zero attached hydrogens (tertiary/aromatic N) is 2. The number of ether oxygens (including phenoxy) is 2. The molecule has 2 heterocycles. The molecule has 2 N–H and O–H groups in total. The Kier molecular flexibility index (Phi) is 6.83. The molecule has 7 nitrogen and oxygen atoms in total. The molecule has 2 unspecified atom stereocenters. The van der Waals surface area contributed by atoms with E-state index < -0.39 is 0 Å². The van der Waals surface area contributed by atoms with Gasteiger partial charge >= 0.3 is 0 Å². The summed E-state index contributed by atoms with van der Waals surface area (Å²) >= 11 is 0. The summed E-state index contributed by atoms with van der Waals surface area (Å²) in [5.41, 5.74) is 6.73. The van der Waals surface area contributed by atoms with Gasteiger partial charge in [0.25, 0.3) is 0 Å². The molecule has 28 heavy (non-hydrogen) atoms. The predicted molar refractivity (Wildman–Crippen MR) is 110 cm³/mol. The Morgan fingerprint density at radius 2 is 1.96 bits per heavy atom. The molecule has 0 radical (unpaired) electrons. The summed E-state index contributed by atoms with van der Waals surface area (Å²) in [7, 11) is 3.14. The Morgan fingerprint density at radius 1 is 1.25 bits per heavy atom. The summed E-state index contributed by atoms with van der Waals surface area (Å²) < 4.78 is 10.6. The lowest BCUT2D eigenvalue weighted by Gasteiger charge is -2.43. The van der Waals surface area contributed by atoms with Crippen LogP contribution in [0.1, 0.15) is 26.7 Å². The average molecular weight is 412 g/mol. The van der Waals surface area contributed by atoms with Gasteiger partial charge in [0.2, 0.25) is 11.8 Å². The van der Waals surface area contributed by atoms with E-state index in [0.29, 0.717) is 36.8 Å². The fourth-order valence-electron chi connectivity index (χ4n) is 3.93. The monoisotopic (exact) mass is 411 g/mol. The summed E-state index contributed by atoms with van der Waals surface area (Å²) in [6, 6.07) is 5.42. The zero-order valence-corrected chi connectivity index (χ0v) is 17.8. The van der Waals surface area contributed by atoms with Crippen molar-refractivity contribution in [3.63, 3.8) is 0 Å². The highest BCUT2D eigenvalue weighted by molar-refractivity contribution is 6.01. The van der Waals surface area contributed by atoms with Gasteiger partial charge in [-0.3, -0.25) is 9.59 Å². The van der Waals surface area contributed by atoms with Gasteiger partial charge in [0.15, 0.2) is 0 Å². The van der Waals surface area contributed by atoms with E-state index in [1.54, 1.807) is 37.3 Å². The Hall–Kier alpha value is -1.99. The Bertz CT molecular complexity index is 740. The molecule has 1 aromatic carbocycles. The molecule has 0 aromatic heterocycles. The number of methoxy groups -OCH3 is 2. The number of nitrogens with two attached hydrogens (primary N) is 1. The van der Waals surface area contributed by atoms with Crippen molar-refractivity contribution in [1.82, 2.24) is 4.90 Å². The number of carbonyl (C=O) groups is 2. The van der Waals surface area contributed by atoms with Crippen molar-refractivity contribution in [2.45, 2.75) is 32.7 Å². The highest BCUT2D eigenvalue weighted by atomic mass is 35.5. The van der Waals surface area contributed by atoms with E-state index in [-0.39, 0.29) is 48.0 Å². The molecule has 156 valence electrons. The number of halogens is 1. The smallest absolute Gasteiger partial charge is 0.228 e. The van der Waals surface area contributed by atoms with E-state index in [1.807, 2.05) is 4.90 Å². The second-order valence-corrected chi connectivity index (χ2v) is 8.09. The molecular weight excluding hydrogens is 382 g/mol. The lowest BCUT2D eigenvalue weighted by Crippen LogP contribution is -2.55. The van der Waals surface area contributed by atoms with E-state index in [1.165, 1.54) is 0 Å². The Balaban J connectivity index is 0.00000280. The molecule has 8 heteroatoms. The van der Waals surface area contributed by atoms with E-state index in [2.05, 4.69) is 13.8 Å². The maximum atomic E-state index is 13.0. The van der Waals surface area contributed by atoms with Crippen molar-refractivity contribution in [3.05, 3.63) is 18.2 Å². The number of piperidine rings is 1. The van der Waals surface area contributed by atoms with Gasteiger partial charge < -0.3 is 25.0 Å². The summed E-state index contributed by atoms with van der Waals surface area (Å²) in [6.45, 7) is 5.82. The summed E-state index contributed by atoms with van der Waals surface area (Å²) in [5, 5.41) is 0. The number of hydrogen-bond donors (Lipinski definition) is 1. The molecular formula is C20H30ClN3O4. The first-order valence-corrected chi connectivity index (χ1v) is 9.33. The Morgan fingerprint density at radius 3 is 2.57 bits per heavy atom. The SMILES string of the molecule is COc1ccc(N2CC(C(=O)N3CCC(N)C(C)(C)C3)CC2=O)c(OC)c1.Cl. The zero-order chi connectivity index (χ0) is 19.8. The summed E-state index contributed by atoms with van der Waals surface area (Å²) in [4.78, 5) is 29.2. The van der Waals surface area contributed by atoms with E-state index >= 15 is 0 Å². The fraction of sp³-hybridized carbons (Fsp3) is 0.600. The molecule has 3 rings (SSSR count). The third-order valence-electron chi connectivity index (χ3n) is 5.78. The number of hydrogen-bond acceptors (Lipinski definition) is 5. The van der Waals surface area contributed by atoms with Crippen molar-refractivity contribution in [2.24, 2.45) is 17.1 Å². The third kappa shape index (κ3) is 4.20. The lowest BCUT2D eigenvalue weighted by molar-refractivity contribution is -0.139. The van der Waals surface area contributed by atoms with Crippen LogP contribution in [-0.4, -0.2) is 56.6 Å². The largest absolute Gasteiger partial charge is 0.497 e. The minimum Gasteiger partial charge on any atom is -0.497 e. The van der Waals surface area contributed by atoms with Gasteiger partial charge in [-0.1, -0.05) is 13.8 Å². The molecule has 2 atom stereocenters. The first-order valence-electron chi connectivity index (χ1n) is 9.33. The highest BCUT2D eigenvalue weighted by Crippen LogP contribution is 2.37. The van der Waals surface area contributed by atoms with Gasteiger partial charge in [-0.05, 0) is 24.0 Å². The number of rotatable bonds is 4. The quantitative estimate of drug-likeness (QED) is 0.819. The van der Waals surface area contributed by atoms with Crippen molar-refractivity contribution < 1.29 is 19.1 Å². The van der Waals surface area contributed by atoms with E-state index in [0.717, 1.165) is 6.42 Å². The molecule has 0 bridgehead atoms. The first-order chi connectivity index (χ1) is 12.8. The topological polar surface area (TPSA) is 85.1 Å². The molecule has 2 fully saturated rings. The van der Waals surface area contributed by atoms with Gasteiger partial charge in [-0.25, -0.2) is 0 Å². The summed E-state index contributed by atoms with van der Waals surface area (Å²) in [6.07, 6.45) is 1.01. The van der Waals surface area contributed by atoms with Gasteiger partial charge in [-0.15, -0.1) is 12.4 Å². The van der Waals surface area contributed by atoms with E-state index in [9.17, 15) is 9.59 Å². The number of anilines is 1. The van der Waals surface area contributed by atoms with Crippen molar-refractivity contribution in [3.8, 4) is 11.5 Å². The van der Waals surface area contributed by atoms with Crippen molar-refractivity contribution >= 4 is 29.9 Å². The van der Waals surface area contributed by atoms with Crippen LogP contribution in [0.5, 0.6) is 11.5 Å². The van der Waals surface area contributed by atoms with Crippen molar-refractivity contribution in [1.29, 1.82) is 0 Å². The molecule has 2 amide bonds. The van der Waals surface area contributed by atoms with Gasteiger partial charge in [0, 0.05) is 38.2 Å². The maximum absolute atomic E-state index is 13.0. The van der Waals surface area contributed by atoms with Crippen LogP contribution in [0.3, 0.4) is 0 Å². The highest BCUT2D eigenvalue weighted by Gasteiger charge is 2.41. The molecule has 0 spiro atoms. The standard InChI is InChI=1S/C20H29N3O4.ClH/c1-20(2)12-22(8-7-17(20)21)19(25)13-9-18(24)23(11-13)15-6-5-14(26-3)10-16(15)27-4;/h5-6,10,13,17H,7-9,11-12,21H2,1-4H3;1H. The average Bonchev–Trinajstić information content (AvgIpc) is 3.04. The minimum atomic E-state index is -0.338. The van der Waals surface area contributed by atoms with Crippen LogP contribution in [0.4, 0.5) is 5.69 Å². The normalized spacial score (nSPS) is 24.0. The van der Waals surface area contributed by atoms with Crippen LogP contribution in [0, 0.1) is 11.3 Å². The number of carbonyl (C=O) groups excluding carboxylic acids is 2. The van der Waals surface area contributed by atoms with Gasteiger partial charge in [0.05, 0.1) is 25.8 Å².